The first kappa shape index (κ1) is 15.9. The molecule has 1 unspecified atom stereocenters. The van der Waals surface area contributed by atoms with Crippen LogP contribution in [-0.2, 0) is 4.57 Å². The van der Waals surface area contributed by atoms with Crippen LogP contribution >= 0.6 is 17.9 Å². The number of rotatable bonds is 7. The fourth-order valence-electron chi connectivity index (χ4n) is 0.987. The molecule has 0 aliphatic rings. The zero-order chi connectivity index (χ0) is 12.8. The average molecular weight is 267 g/mol. The molecule has 0 saturated heterocycles. The Balaban J connectivity index is 4.59. The predicted octanol–water partition coefficient (Wildman–Crippen LogP) is 2.46. The molecule has 94 valence electrons. The number of nitrogens with zero attached hydrogens (tertiary/aromatic N) is 2. The van der Waals surface area contributed by atoms with Gasteiger partial charge in [0, 0.05) is 24.7 Å². The van der Waals surface area contributed by atoms with Gasteiger partial charge in [-0.15, -0.1) is 4.89 Å². The highest BCUT2D eigenvalue weighted by Gasteiger charge is 2.28. The molecule has 2 N–H and O–H groups in total. The molecule has 0 aliphatic heterocycles. The lowest BCUT2D eigenvalue weighted by atomic mass is 10.4. The lowest BCUT2D eigenvalue weighted by molar-refractivity contribution is 0.194. The van der Waals surface area contributed by atoms with Crippen molar-refractivity contribution >= 4 is 17.9 Å². The molecule has 7 heteroatoms. The molecule has 0 aliphatic carbocycles. The number of nitrogens with one attached hydrogen (secondary N) is 2. The van der Waals surface area contributed by atoms with E-state index in [1.165, 1.54) is 4.89 Å². The van der Waals surface area contributed by atoms with Crippen molar-refractivity contribution in [2.75, 3.05) is 6.16 Å². The largest absolute Gasteiger partial charge is 0.286 e. The molecular weight excluding hydrogens is 247 g/mol. The van der Waals surface area contributed by atoms with Crippen molar-refractivity contribution in [2.24, 2.45) is 0 Å². The maximum Gasteiger partial charge on any atom is 0.262 e. The summed E-state index contributed by atoms with van der Waals surface area (Å²) < 4.78 is 12.2. The van der Waals surface area contributed by atoms with Gasteiger partial charge in [-0.2, -0.15) is 5.26 Å². The minimum atomic E-state index is -3.07. The molecule has 5 nitrogen and oxygen atoms in total. The van der Waals surface area contributed by atoms with Crippen LogP contribution in [0.3, 0.4) is 0 Å². The molecule has 0 fully saturated rings. The third-order valence-corrected chi connectivity index (χ3v) is 4.12. The van der Waals surface area contributed by atoms with Crippen LogP contribution in [0.5, 0.6) is 0 Å². The fraction of sp³-hybridized carbons (Fsp3) is 0.889. The molecule has 0 saturated carbocycles. The van der Waals surface area contributed by atoms with Crippen LogP contribution in [0.1, 0.15) is 34.1 Å². The molecule has 0 bridgehead atoms. The van der Waals surface area contributed by atoms with Crippen LogP contribution < -0.4 is 10.9 Å². The fourth-order valence-corrected chi connectivity index (χ4v) is 2.88. The minimum absolute atomic E-state index is 0.111. The van der Waals surface area contributed by atoms with Gasteiger partial charge in [-0.05, 0) is 38.9 Å². The average Bonchev–Trinajstić information content (AvgIpc) is 2.12. The van der Waals surface area contributed by atoms with E-state index in [-0.39, 0.29) is 24.7 Å². The normalized spacial score (nSPS) is 15.4. The topological polar surface area (TPSA) is 68.2 Å². The molecule has 0 radical (unpaired) electrons. The van der Waals surface area contributed by atoms with E-state index in [0.29, 0.717) is 0 Å². The third kappa shape index (κ3) is 6.47. The van der Waals surface area contributed by atoms with Crippen molar-refractivity contribution in [1.29, 1.82) is 5.26 Å². The predicted molar refractivity (Wildman–Crippen MR) is 66.9 cm³/mol. The molecule has 1 atom stereocenters. The zero-order valence-electron chi connectivity index (χ0n) is 10.2. The van der Waals surface area contributed by atoms with Gasteiger partial charge < -0.3 is 0 Å². The Morgan fingerprint density at radius 2 is 1.75 bits per heavy atom. The minimum Gasteiger partial charge on any atom is -0.286 e. The second-order valence-electron chi connectivity index (χ2n) is 4.13. The van der Waals surface area contributed by atoms with Crippen LogP contribution in [0.25, 0.3) is 0 Å². The summed E-state index contributed by atoms with van der Waals surface area (Å²) in [5.74, 6) is 0. The number of nitriles is 1. The van der Waals surface area contributed by atoms with Crippen molar-refractivity contribution in [3.8, 4) is 6.07 Å². The maximum absolute atomic E-state index is 12.2. The first-order chi connectivity index (χ1) is 7.29. The summed E-state index contributed by atoms with van der Waals surface area (Å²) >= 11 is 5.97. The van der Waals surface area contributed by atoms with Gasteiger partial charge in [0.15, 0.2) is 0 Å². The SMILES string of the molecule is CC(C)NN(NC(C)C)P(=O)(Cl)CCC#N. The number of hydrogen-bond acceptors (Lipinski definition) is 4. The van der Waals surface area contributed by atoms with Gasteiger partial charge in [0.1, 0.15) is 0 Å². The second kappa shape index (κ2) is 7.26. The second-order valence-corrected chi connectivity index (χ2v) is 7.79. The highest BCUT2D eigenvalue weighted by molar-refractivity contribution is 7.87. The lowest BCUT2D eigenvalue weighted by Crippen LogP contribution is -2.50. The highest BCUT2D eigenvalue weighted by Crippen LogP contribution is 2.53. The standard InChI is InChI=1S/C9H20ClN4OP/c1-8(2)12-14(13-9(3)4)16(10,15)7-5-6-11/h8-9,12-13H,5,7H2,1-4H3. The van der Waals surface area contributed by atoms with Gasteiger partial charge in [0.2, 0.25) is 0 Å². The van der Waals surface area contributed by atoms with Gasteiger partial charge in [0.25, 0.3) is 6.65 Å². The van der Waals surface area contributed by atoms with Gasteiger partial charge >= 0.3 is 0 Å². The van der Waals surface area contributed by atoms with E-state index in [1.807, 2.05) is 33.8 Å². The van der Waals surface area contributed by atoms with Crippen LogP contribution in [0.2, 0.25) is 0 Å². The summed E-state index contributed by atoms with van der Waals surface area (Å²) in [5, 5.41) is 8.49. The summed E-state index contributed by atoms with van der Waals surface area (Å²) in [7, 11) is 0. The molecule has 0 aromatic rings. The summed E-state index contributed by atoms with van der Waals surface area (Å²) in [4.78, 5) is 1.36. The summed E-state index contributed by atoms with van der Waals surface area (Å²) in [6, 6.07) is 2.17. The van der Waals surface area contributed by atoms with Gasteiger partial charge in [-0.25, -0.2) is 10.9 Å². The lowest BCUT2D eigenvalue weighted by Gasteiger charge is -2.31. The van der Waals surface area contributed by atoms with E-state index >= 15 is 0 Å². The first-order valence-electron chi connectivity index (χ1n) is 5.28. The number of halogens is 1. The Labute approximate surface area is 102 Å². The first-order valence-corrected chi connectivity index (χ1v) is 8.03. The Morgan fingerprint density at radius 3 is 2.06 bits per heavy atom. The Kier molecular flexibility index (Phi) is 7.21. The number of hydrogen-bond donors (Lipinski definition) is 2. The molecule has 0 rings (SSSR count). The van der Waals surface area contributed by atoms with Crippen molar-refractivity contribution in [3.05, 3.63) is 0 Å². The Morgan fingerprint density at radius 1 is 1.31 bits per heavy atom. The molecule has 0 heterocycles. The molecule has 16 heavy (non-hydrogen) atoms. The van der Waals surface area contributed by atoms with Crippen molar-refractivity contribution < 1.29 is 4.57 Å². The van der Waals surface area contributed by atoms with Crippen molar-refractivity contribution in [2.45, 2.75) is 46.2 Å². The molecule has 0 spiro atoms. The van der Waals surface area contributed by atoms with Crippen LogP contribution in [0.15, 0.2) is 0 Å². The van der Waals surface area contributed by atoms with Crippen molar-refractivity contribution in [3.63, 3.8) is 0 Å². The quantitative estimate of drug-likeness (QED) is 0.547. The zero-order valence-corrected chi connectivity index (χ0v) is 11.8. The van der Waals surface area contributed by atoms with Crippen molar-refractivity contribution in [1.82, 2.24) is 15.7 Å². The highest BCUT2D eigenvalue weighted by atomic mass is 35.7. The summed E-state index contributed by atoms with van der Waals surface area (Å²) in [6.45, 7) is 4.64. The van der Waals surface area contributed by atoms with E-state index in [1.54, 1.807) is 0 Å². The maximum atomic E-state index is 12.2. The van der Waals surface area contributed by atoms with Crippen LogP contribution in [0, 0.1) is 11.3 Å². The van der Waals surface area contributed by atoms with E-state index in [0.717, 1.165) is 0 Å². The smallest absolute Gasteiger partial charge is 0.262 e. The van der Waals surface area contributed by atoms with Gasteiger partial charge in [-0.1, -0.05) is 0 Å². The molecular formula is C9H20ClN4OP. The van der Waals surface area contributed by atoms with E-state index < -0.39 is 6.65 Å². The summed E-state index contributed by atoms with van der Waals surface area (Å²) in [6.07, 6.45) is 0.335. The molecule has 0 amide bonds. The van der Waals surface area contributed by atoms with Crippen LogP contribution in [0.4, 0.5) is 0 Å². The Bertz CT molecular complexity index is 280. The van der Waals surface area contributed by atoms with Gasteiger partial charge in [-0.3, -0.25) is 4.57 Å². The molecule has 0 aromatic heterocycles. The van der Waals surface area contributed by atoms with Gasteiger partial charge in [0.05, 0.1) is 6.07 Å². The monoisotopic (exact) mass is 266 g/mol. The van der Waals surface area contributed by atoms with E-state index in [4.69, 9.17) is 16.5 Å². The Hall–Kier alpha value is -0.110. The number of hydrazine groups is 2. The third-order valence-electron chi connectivity index (χ3n) is 1.56. The summed E-state index contributed by atoms with van der Waals surface area (Å²) in [5.41, 5.74) is 5.96. The van der Waals surface area contributed by atoms with Crippen LogP contribution in [-0.4, -0.2) is 23.1 Å². The molecule has 0 aromatic carbocycles. The van der Waals surface area contributed by atoms with E-state index in [2.05, 4.69) is 10.9 Å². The van der Waals surface area contributed by atoms with E-state index in [9.17, 15) is 4.57 Å².